The predicted octanol–water partition coefficient (Wildman–Crippen LogP) is 3.16. The van der Waals surface area contributed by atoms with Crippen molar-refractivity contribution in [3.8, 4) is 11.3 Å². The van der Waals surface area contributed by atoms with E-state index in [-0.39, 0.29) is 0 Å². The van der Waals surface area contributed by atoms with Crippen molar-refractivity contribution in [3.05, 3.63) is 42.4 Å². The number of rotatable bonds is 2. The van der Waals surface area contributed by atoms with Crippen LogP contribution in [-0.2, 0) is 0 Å². The summed E-state index contributed by atoms with van der Waals surface area (Å²) in [7, 11) is 0. The van der Waals surface area contributed by atoms with E-state index < -0.39 is 0 Å². The fraction of sp³-hybridized carbons (Fsp3) is 0.357. The predicted molar refractivity (Wildman–Crippen MR) is 66.5 cm³/mol. The maximum atomic E-state index is 5.84. The van der Waals surface area contributed by atoms with Crippen LogP contribution in [0.3, 0.4) is 0 Å². The van der Waals surface area contributed by atoms with E-state index in [0.29, 0.717) is 6.04 Å². The molecule has 0 spiro atoms. The first kappa shape index (κ1) is 10.5. The summed E-state index contributed by atoms with van der Waals surface area (Å²) in [6.07, 6.45) is 5.44. The van der Waals surface area contributed by atoms with E-state index >= 15 is 0 Å². The molecule has 1 aromatic carbocycles. The van der Waals surface area contributed by atoms with Gasteiger partial charge in [0.1, 0.15) is 0 Å². The van der Waals surface area contributed by atoms with Crippen LogP contribution >= 0.6 is 0 Å². The molecule has 2 aromatic rings. The van der Waals surface area contributed by atoms with Gasteiger partial charge >= 0.3 is 0 Å². The van der Waals surface area contributed by atoms with E-state index in [9.17, 15) is 0 Å². The van der Waals surface area contributed by atoms with Gasteiger partial charge in [-0.15, -0.1) is 0 Å². The van der Waals surface area contributed by atoms with Crippen LogP contribution in [-0.4, -0.2) is 11.5 Å². The van der Waals surface area contributed by atoms with Gasteiger partial charge in [0.2, 0.25) is 5.89 Å². The molecule has 3 nitrogen and oxygen atoms in total. The molecule has 1 aliphatic rings. The van der Waals surface area contributed by atoms with Crippen molar-refractivity contribution in [2.75, 3.05) is 6.54 Å². The van der Waals surface area contributed by atoms with Crippen molar-refractivity contribution in [2.24, 2.45) is 0 Å². The Morgan fingerprint density at radius 1 is 1.18 bits per heavy atom. The highest BCUT2D eigenvalue weighted by Crippen LogP contribution is 2.26. The topological polar surface area (TPSA) is 38.1 Å². The van der Waals surface area contributed by atoms with Gasteiger partial charge in [0.05, 0.1) is 12.2 Å². The smallest absolute Gasteiger partial charge is 0.212 e. The molecule has 3 heteroatoms. The SMILES string of the molecule is c1ccc(-c2cnc(C3CCCCN3)o2)cc1. The Labute approximate surface area is 101 Å². The minimum absolute atomic E-state index is 0.293. The lowest BCUT2D eigenvalue weighted by Crippen LogP contribution is -2.26. The number of piperidine rings is 1. The van der Waals surface area contributed by atoms with E-state index in [2.05, 4.69) is 10.3 Å². The number of benzene rings is 1. The van der Waals surface area contributed by atoms with Crippen molar-refractivity contribution < 1.29 is 4.42 Å². The van der Waals surface area contributed by atoms with Gasteiger partial charge in [-0.1, -0.05) is 36.8 Å². The summed E-state index contributed by atoms with van der Waals surface area (Å²) in [6, 6.07) is 10.4. The molecule has 17 heavy (non-hydrogen) atoms. The zero-order chi connectivity index (χ0) is 11.5. The van der Waals surface area contributed by atoms with Gasteiger partial charge in [0, 0.05) is 5.56 Å². The van der Waals surface area contributed by atoms with Gasteiger partial charge in [-0.3, -0.25) is 0 Å². The Hall–Kier alpha value is -1.61. The second-order valence-corrected chi connectivity index (χ2v) is 4.43. The molecule has 0 radical (unpaired) electrons. The van der Waals surface area contributed by atoms with Gasteiger partial charge in [0.15, 0.2) is 5.76 Å². The first-order valence-corrected chi connectivity index (χ1v) is 6.18. The van der Waals surface area contributed by atoms with Gasteiger partial charge in [-0.2, -0.15) is 0 Å². The van der Waals surface area contributed by atoms with Crippen LogP contribution in [0.1, 0.15) is 31.2 Å². The lowest BCUT2D eigenvalue weighted by atomic mass is 10.1. The molecule has 1 N–H and O–H groups in total. The van der Waals surface area contributed by atoms with E-state index in [1.54, 1.807) is 0 Å². The summed E-state index contributed by atoms with van der Waals surface area (Å²) in [4.78, 5) is 4.39. The van der Waals surface area contributed by atoms with Crippen LogP contribution in [0, 0.1) is 0 Å². The zero-order valence-electron chi connectivity index (χ0n) is 9.73. The van der Waals surface area contributed by atoms with Gasteiger partial charge in [0.25, 0.3) is 0 Å². The number of nitrogens with one attached hydrogen (secondary N) is 1. The Kier molecular flexibility index (Phi) is 2.92. The lowest BCUT2D eigenvalue weighted by Gasteiger charge is -2.20. The van der Waals surface area contributed by atoms with Crippen molar-refractivity contribution in [1.29, 1.82) is 0 Å². The molecule has 1 aromatic heterocycles. The van der Waals surface area contributed by atoms with Crippen molar-refractivity contribution in [2.45, 2.75) is 25.3 Å². The molecule has 0 aliphatic carbocycles. The number of oxazole rings is 1. The third kappa shape index (κ3) is 2.24. The largest absolute Gasteiger partial charge is 0.439 e. The molecule has 1 atom stereocenters. The van der Waals surface area contributed by atoms with Crippen molar-refractivity contribution in [1.82, 2.24) is 10.3 Å². The molecule has 2 heterocycles. The van der Waals surface area contributed by atoms with E-state index in [4.69, 9.17) is 4.42 Å². The summed E-state index contributed by atoms with van der Waals surface area (Å²) in [5.41, 5.74) is 1.09. The maximum Gasteiger partial charge on any atom is 0.212 e. The maximum absolute atomic E-state index is 5.84. The number of nitrogens with zero attached hydrogens (tertiary/aromatic N) is 1. The number of hydrogen-bond acceptors (Lipinski definition) is 3. The van der Waals surface area contributed by atoms with Crippen LogP contribution in [0.2, 0.25) is 0 Å². The summed E-state index contributed by atoms with van der Waals surface area (Å²) >= 11 is 0. The van der Waals surface area contributed by atoms with Crippen LogP contribution < -0.4 is 5.32 Å². The van der Waals surface area contributed by atoms with Crippen LogP contribution in [0.25, 0.3) is 11.3 Å². The molecule has 0 amide bonds. The Morgan fingerprint density at radius 2 is 2.06 bits per heavy atom. The molecule has 1 fully saturated rings. The van der Waals surface area contributed by atoms with Crippen LogP contribution in [0.15, 0.2) is 40.9 Å². The third-order valence-electron chi connectivity index (χ3n) is 3.19. The monoisotopic (exact) mass is 228 g/mol. The normalized spacial score (nSPS) is 20.4. The number of aromatic nitrogens is 1. The fourth-order valence-electron chi connectivity index (χ4n) is 2.25. The van der Waals surface area contributed by atoms with E-state index in [0.717, 1.165) is 30.2 Å². The highest BCUT2D eigenvalue weighted by Gasteiger charge is 2.19. The Morgan fingerprint density at radius 3 is 2.82 bits per heavy atom. The quantitative estimate of drug-likeness (QED) is 0.858. The standard InChI is InChI=1S/C14H16N2O/c1-2-6-11(7-3-1)13-10-16-14(17-13)12-8-4-5-9-15-12/h1-3,6-7,10,12,15H,4-5,8-9H2. The average Bonchev–Trinajstić information content (AvgIpc) is 2.90. The molecule has 3 rings (SSSR count). The first-order chi connectivity index (χ1) is 8.43. The molecular formula is C14H16N2O. The molecule has 1 unspecified atom stereocenters. The van der Waals surface area contributed by atoms with Crippen LogP contribution in [0.4, 0.5) is 0 Å². The summed E-state index contributed by atoms with van der Waals surface area (Å²) in [5.74, 6) is 1.68. The van der Waals surface area contributed by atoms with Gasteiger partial charge in [-0.25, -0.2) is 4.98 Å². The minimum Gasteiger partial charge on any atom is -0.439 e. The average molecular weight is 228 g/mol. The molecular weight excluding hydrogens is 212 g/mol. The Bertz CT molecular complexity index is 472. The zero-order valence-corrected chi connectivity index (χ0v) is 9.73. The molecule has 88 valence electrons. The van der Waals surface area contributed by atoms with Crippen molar-refractivity contribution >= 4 is 0 Å². The highest BCUT2D eigenvalue weighted by molar-refractivity contribution is 5.55. The molecule has 1 saturated heterocycles. The second kappa shape index (κ2) is 4.72. The first-order valence-electron chi connectivity index (χ1n) is 6.18. The second-order valence-electron chi connectivity index (χ2n) is 4.43. The third-order valence-corrected chi connectivity index (χ3v) is 3.19. The number of hydrogen-bond donors (Lipinski definition) is 1. The minimum atomic E-state index is 0.293. The molecule has 1 aliphatic heterocycles. The summed E-state index contributed by atoms with van der Waals surface area (Å²) < 4.78 is 5.84. The Balaban J connectivity index is 1.83. The molecule has 0 saturated carbocycles. The molecule has 0 bridgehead atoms. The lowest BCUT2D eigenvalue weighted by molar-refractivity contribution is 0.342. The fourth-order valence-corrected chi connectivity index (χ4v) is 2.25. The van der Waals surface area contributed by atoms with Gasteiger partial charge < -0.3 is 9.73 Å². The van der Waals surface area contributed by atoms with Gasteiger partial charge in [-0.05, 0) is 19.4 Å². The highest BCUT2D eigenvalue weighted by atomic mass is 16.4. The van der Waals surface area contributed by atoms with E-state index in [1.807, 2.05) is 36.5 Å². The summed E-state index contributed by atoms with van der Waals surface area (Å²) in [6.45, 7) is 1.06. The van der Waals surface area contributed by atoms with E-state index in [1.165, 1.54) is 12.8 Å². The van der Waals surface area contributed by atoms with Crippen LogP contribution in [0.5, 0.6) is 0 Å². The van der Waals surface area contributed by atoms with Crippen molar-refractivity contribution in [3.63, 3.8) is 0 Å². The summed E-state index contributed by atoms with van der Waals surface area (Å²) in [5, 5.41) is 3.44.